The molecule has 3 rings (SSSR count). The predicted octanol–water partition coefficient (Wildman–Crippen LogP) is -0.132. The van der Waals surface area contributed by atoms with Crippen molar-refractivity contribution in [3.8, 4) is 22.8 Å². The molecule has 0 radical (unpaired) electrons. The molecule has 138 valence electrons. The van der Waals surface area contributed by atoms with Gasteiger partial charge in [0.25, 0.3) is 0 Å². The van der Waals surface area contributed by atoms with E-state index >= 15 is 0 Å². The van der Waals surface area contributed by atoms with Crippen LogP contribution in [0, 0.1) is 16.1 Å². The molecule has 3 aromatic rings. The zero-order valence-corrected chi connectivity index (χ0v) is 14.2. The number of hydrogen-bond acceptors (Lipinski definition) is 6. The third-order valence-electron chi connectivity index (χ3n) is 3.14. The van der Waals surface area contributed by atoms with Crippen LogP contribution < -0.4 is 23.4 Å². The van der Waals surface area contributed by atoms with Crippen LogP contribution in [0.25, 0.3) is 22.3 Å². The summed E-state index contributed by atoms with van der Waals surface area (Å²) < 4.78 is 58.8. The molecule has 0 saturated carbocycles. The number of aromatic hydroxyl groups is 1. The van der Waals surface area contributed by atoms with E-state index in [4.69, 9.17) is 27.8 Å². The molecule has 0 bridgehead atoms. The molecule has 0 fully saturated rings. The van der Waals surface area contributed by atoms with Crippen LogP contribution in [0.3, 0.4) is 0 Å². The average Bonchev–Trinajstić information content (AvgIpc) is 2.54. The Hall–Kier alpha value is -2.49. The van der Waals surface area contributed by atoms with Gasteiger partial charge in [0.2, 0.25) is 0 Å². The molecule has 0 atom stereocenters. The first-order chi connectivity index (χ1) is 12.2. The minimum atomic E-state index is -4.94. The third-order valence-corrected chi connectivity index (χ3v) is 3.14. The molecule has 0 amide bonds. The minimum absolute atomic E-state index is 0.187. The summed E-state index contributed by atoms with van der Waals surface area (Å²) in [6, 6.07) is 12.7. The standard InChI is InChI=1S/C17H13FO3.ClHO4/c1-2-20-17-10-16(11-3-6-13(19)7-4-11)21-15-8-5-12(18)9-14(15)17;2-1(3,4)5/h3-10H,2H2,1H3;(H,2,3,4,5). The highest BCUT2D eigenvalue weighted by Gasteiger charge is 2.20. The topological polar surface area (TPSA) is 133 Å². The molecule has 0 spiro atoms. The van der Waals surface area contributed by atoms with Gasteiger partial charge in [-0.2, -0.15) is 0 Å². The van der Waals surface area contributed by atoms with Crippen molar-refractivity contribution in [3.05, 3.63) is 54.3 Å². The Balaban J connectivity index is 0.000000431. The summed E-state index contributed by atoms with van der Waals surface area (Å²) in [5.41, 5.74) is 1.35. The third kappa shape index (κ3) is 5.80. The monoisotopic (exact) mass is 384 g/mol. The molecule has 1 N–H and O–H groups in total. The summed E-state index contributed by atoms with van der Waals surface area (Å²) in [5, 5.41) is 9.94. The maximum absolute atomic E-state index is 13.4. The second kappa shape index (κ2) is 8.26. The molecule has 0 saturated heterocycles. The van der Waals surface area contributed by atoms with Gasteiger partial charge >= 0.3 is 11.3 Å². The highest BCUT2D eigenvalue weighted by Crippen LogP contribution is 2.33. The van der Waals surface area contributed by atoms with Crippen molar-refractivity contribution in [2.24, 2.45) is 0 Å². The van der Waals surface area contributed by atoms with E-state index < -0.39 is 10.2 Å². The number of ether oxygens (including phenoxy) is 1. The Labute approximate surface area is 149 Å². The van der Waals surface area contributed by atoms with Crippen molar-refractivity contribution in [1.29, 1.82) is 0 Å². The second-order valence-corrected chi connectivity index (χ2v) is 5.73. The van der Waals surface area contributed by atoms with E-state index in [1.165, 1.54) is 12.1 Å². The van der Waals surface area contributed by atoms with Crippen molar-refractivity contribution in [3.63, 3.8) is 0 Å². The fourth-order valence-electron chi connectivity index (χ4n) is 2.17. The van der Waals surface area contributed by atoms with Crippen molar-refractivity contribution in [1.82, 2.24) is 0 Å². The number of halogens is 2. The van der Waals surface area contributed by atoms with E-state index in [9.17, 15) is 9.50 Å². The van der Waals surface area contributed by atoms with Crippen molar-refractivity contribution in [2.45, 2.75) is 6.92 Å². The number of fused-ring (bicyclic) bond motifs is 1. The van der Waals surface area contributed by atoms with Gasteiger partial charge in [-0.3, -0.25) is 0 Å². The molecule has 0 aliphatic rings. The first-order valence-corrected chi connectivity index (χ1v) is 8.51. The van der Waals surface area contributed by atoms with Crippen molar-refractivity contribution >= 4 is 11.0 Å². The number of hydrogen-bond donors (Lipinski definition) is 1. The number of phenols is 1. The highest BCUT2D eigenvalue weighted by atomic mass is 35.7. The van der Waals surface area contributed by atoms with Crippen molar-refractivity contribution < 1.29 is 47.5 Å². The summed E-state index contributed by atoms with van der Waals surface area (Å²) in [7, 11) is -4.94. The fraction of sp³-hybridized carbons (Fsp3) is 0.118. The van der Waals surface area contributed by atoms with Crippen LogP contribution in [0.1, 0.15) is 6.92 Å². The van der Waals surface area contributed by atoms with Gasteiger partial charge in [-0.1, -0.05) is 0 Å². The second-order valence-electron chi connectivity index (χ2n) is 4.97. The quantitative estimate of drug-likeness (QED) is 0.621. The molecule has 2 aromatic carbocycles. The molecular weight excluding hydrogens is 371 g/mol. The smallest absolute Gasteiger partial charge is 0.364 e. The highest BCUT2D eigenvalue weighted by molar-refractivity contribution is 5.85. The molecule has 7 nitrogen and oxygen atoms in total. The lowest BCUT2D eigenvalue weighted by Crippen LogP contribution is -2.68. The molecular formula is C17H14ClFO7. The molecule has 26 heavy (non-hydrogen) atoms. The lowest BCUT2D eigenvalue weighted by atomic mass is 10.1. The largest absolute Gasteiger partial charge is 0.508 e. The van der Waals surface area contributed by atoms with E-state index in [1.54, 1.807) is 36.4 Å². The van der Waals surface area contributed by atoms with Gasteiger partial charge < -0.3 is 9.84 Å². The van der Waals surface area contributed by atoms with Crippen molar-refractivity contribution in [2.75, 3.05) is 6.61 Å². The zero-order chi connectivity index (χ0) is 19.3. The number of phenolic OH excluding ortho intramolecular Hbond substituents is 1. The molecule has 1 aromatic heterocycles. The Morgan fingerprint density at radius 1 is 1.04 bits per heavy atom. The van der Waals surface area contributed by atoms with E-state index in [0.717, 1.165) is 5.56 Å². The Morgan fingerprint density at radius 2 is 1.65 bits per heavy atom. The maximum atomic E-state index is 13.4. The van der Waals surface area contributed by atoms with Crippen LogP contribution in [0.2, 0.25) is 0 Å². The summed E-state index contributed by atoms with van der Waals surface area (Å²) in [5.74, 6) is 1.02. The van der Waals surface area contributed by atoms with Gasteiger partial charge in [-0.25, -0.2) is 27.4 Å². The van der Waals surface area contributed by atoms with Gasteiger partial charge in [0.05, 0.1) is 18.2 Å². The maximum Gasteiger partial charge on any atom is 0.364 e. The average molecular weight is 385 g/mol. The lowest BCUT2D eigenvalue weighted by Gasteiger charge is -2.17. The summed E-state index contributed by atoms with van der Waals surface area (Å²) in [6.07, 6.45) is 0. The molecule has 1 heterocycles. The lowest BCUT2D eigenvalue weighted by molar-refractivity contribution is -2.00. The van der Waals surface area contributed by atoms with E-state index in [1.807, 2.05) is 6.92 Å². The van der Waals surface area contributed by atoms with Gasteiger partial charge in [0.15, 0.2) is 0 Å². The number of rotatable bonds is 3. The predicted molar refractivity (Wildman–Crippen MR) is 78.8 cm³/mol. The van der Waals surface area contributed by atoms with Gasteiger partial charge in [0.1, 0.15) is 22.7 Å². The molecule has 0 aliphatic heterocycles. The first-order valence-electron chi connectivity index (χ1n) is 7.27. The normalized spacial score (nSPS) is 11.0. The van der Waals surface area contributed by atoms with Crippen LogP contribution in [0.15, 0.2) is 52.9 Å². The summed E-state index contributed by atoms with van der Waals surface area (Å²) in [6.45, 7) is 2.35. The minimum Gasteiger partial charge on any atom is -0.508 e. The first kappa shape index (κ1) is 19.8. The van der Waals surface area contributed by atoms with Crippen LogP contribution in [0.5, 0.6) is 11.5 Å². The van der Waals surface area contributed by atoms with Crippen LogP contribution >= 0.6 is 0 Å². The van der Waals surface area contributed by atoms with Gasteiger partial charge in [-0.15, -0.1) is 10.2 Å². The Morgan fingerprint density at radius 3 is 2.23 bits per heavy atom. The molecule has 9 heteroatoms. The van der Waals surface area contributed by atoms with E-state index in [-0.39, 0.29) is 11.6 Å². The fourth-order valence-corrected chi connectivity index (χ4v) is 2.17. The van der Waals surface area contributed by atoms with E-state index in [0.29, 0.717) is 29.1 Å². The molecule has 0 aliphatic carbocycles. The van der Waals surface area contributed by atoms with Gasteiger partial charge in [0, 0.05) is 6.07 Å². The van der Waals surface area contributed by atoms with Crippen LogP contribution in [0.4, 0.5) is 4.39 Å². The van der Waals surface area contributed by atoms with E-state index in [2.05, 4.69) is 0 Å². The van der Waals surface area contributed by atoms with Crippen LogP contribution in [-0.2, 0) is 0 Å². The summed E-state index contributed by atoms with van der Waals surface area (Å²) in [4.78, 5) is 0. The van der Waals surface area contributed by atoms with Gasteiger partial charge in [-0.05, 0) is 43.3 Å². The Bertz CT molecular complexity index is 873. The molecule has 0 unspecified atom stereocenters. The summed E-state index contributed by atoms with van der Waals surface area (Å²) >= 11 is 0. The zero-order valence-electron chi connectivity index (χ0n) is 13.5. The van der Waals surface area contributed by atoms with Crippen LogP contribution in [-0.4, -0.2) is 11.7 Å². The SMILES string of the molecule is CCOc1cc(-c2ccc(O)cc2)[o+]c2ccc(F)cc12.[O-][Cl+3]([O-])([O-])[O-]. The number of benzene rings is 2. The Kier molecular flexibility index (Phi) is 6.30.